The van der Waals surface area contributed by atoms with Crippen molar-refractivity contribution in [3.8, 4) is 0 Å². The molecule has 0 radical (unpaired) electrons. The van der Waals surface area contributed by atoms with Gasteiger partial charge in [0.05, 0.1) is 12.0 Å². The van der Waals surface area contributed by atoms with Crippen molar-refractivity contribution in [1.82, 2.24) is 4.90 Å². The lowest BCUT2D eigenvalue weighted by Gasteiger charge is -2.23. The SMILES string of the molecule is CCC1(C(=O)O)CCN(CCOCCC(C)C)C1. The maximum absolute atomic E-state index is 11.3. The van der Waals surface area contributed by atoms with E-state index >= 15 is 0 Å². The molecule has 4 heteroatoms. The molecular formula is C14H27NO3. The van der Waals surface area contributed by atoms with E-state index in [1.54, 1.807) is 0 Å². The van der Waals surface area contributed by atoms with E-state index in [2.05, 4.69) is 18.7 Å². The molecule has 1 unspecified atom stereocenters. The van der Waals surface area contributed by atoms with Crippen LogP contribution in [0.1, 0.15) is 40.0 Å². The predicted octanol–water partition coefficient (Wildman–Crippen LogP) is 2.24. The number of aliphatic carboxylic acids is 1. The molecule has 1 fully saturated rings. The number of hydrogen-bond acceptors (Lipinski definition) is 3. The first-order chi connectivity index (χ1) is 8.50. The van der Waals surface area contributed by atoms with E-state index < -0.39 is 11.4 Å². The zero-order valence-electron chi connectivity index (χ0n) is 11.9. The molecule has 1 saturated heterocycles. The second kappa shape index (κ2) is 7.10. The molecule has 0 spiro atoms. The summed E-state index contributed by atoms with van der Waals surface area (Å²) in [5.74, 6) is 0.0322. The number of carboxylic acids is 1. The molecule has 18 heavy (non-hydrogen) atoms. The Kier molecular flexibility index (Phi) is 6.09. The molecule has 4 nitrogen and oxygen atoms in total. The molecule has 0 aromatic heterocycles. The first-order valence-corrected chi connectivity index (χ1v) is 7.03. The lowest BCUT2D eigenvalue weighted by atomic mass is 9.84. The largest absolute Gasteiger partial charge is 0.481 e. The van der Waals surface area contributed by atoms with Crippen molar-refractivity contribution < 1.29 is 14.6 Å². The minimum Gasteiger partial charge on any atom is -0.481 e. The van der Waals surface area contributed by atoms with Crippen molar-refractivity contribution in [2.24, 2.45) is 11.3 Å². The van der Waals surface area contributed by atoms with Gasteiger partial charge in [-0.3, -0.25) is 9.69 Å². The highest BCUT2D eigenvalue weighted by Gasteiger charge is 2.42. The van der Waals surface area contributed by atoms with E-state index in [4.69, 9.17) is 4.74 Å². The van der Waals surface area contributed by atoms with Crippen LogP contribution in [-0.2, 0) is 9.53 Å². The Morgan fingerprint density at radius 1 is 1.44 bits per heavy atom. The zero-order chi connectivity index (χ0) is 13.6. The molecule has 0 bridgehead atoms. The van der Waals surface area contributed by atoms with Gasteiger partial charge in [0.1, 0.15) is 0 Å². The number of rotatable bonds is 8. The van der Waals surface area contributed by atoms with Crippen molar-refractivity contribution in [2.45, 2.75) is 40.0 Å². The van der Waals surface area contributed by atoms with Gasteiger partial charge in [0.2, 0.25) is 0 Å². The summed E-state index contributed by atoms with van der Waals surface area (Å²) in [5.41, 5.74) is -0.516. The van der Waals surface area contributed by atoms with Crippen LogP contribution in [0.15, 0.2) is 0 Å². The van der Waals surface area contributed by atoms with Gasteiger partial charge in [-0.1, -0.05) is 20.8 Å². The van der Waals surface area contributed by atoms with Gasteiger partial charge in [-0.15, -0.1) is 0 Å². The van der Waals surface area contributed by atoms with Crippen molar-refractivity contribution in [2.75, 3.05) is 32.8 Å². The summed E-state index contributed by atoms with van der Waals surface area (Å²) in [4.78, 5) is 13.5. The van der Waals surface area contributed by atoms with E-state index in [1.807, 2.05) is 6.92 Å². The summed E-state index contributed by atoms with van der Waals surface area (Å²) >= 11 is 0. The predicted molar refractivity (Wildman–Crippen MR) is 71.7 cm³/mol. The van der Waals surface area contributed by atoms with Crippen LogP contribution < -0.4 is 0 Å². The number of likely N-dealkylation sites (tertiary alicyclic amines) is 1. The zero-order valence-corrected chi connectivity index (χ0v) is 11.9. The molecule has 0 saturated carbocycles. The van der Waals surface area contributed by atoms with Gasteiger partial charge in [0, 0.05) is 19.7 Å². The van der Waals surface area contributed by atoms with Crippen molar-refractivity contribution in [3.63, 3.8) is 0 Å². The molecule has 0 amide bonds. The smallest absolute Gasteiger partial charge is 0.310 e. The Bertz CT molecular complexity index is 268. The van der Waals surface area contributed by atoms with E-state index in [1.165, 1.54) is 0 Å². The fourth-order valence-corrected chi connectivity index (χ4v) is 2.38. The summed E-state index contributed by atoms with van der Waals surface area (Å²) in [6, 6.07) is 0. The third-order valence-corrected chi connectivity index (χ3v) is 3.95. The number of nitrogens with zero attached hydrogens (tertiary/aromatic N) is 1. The van der Waals surface area contributed by atoms with Crippen LogP contribution in [-0.4, -0.2) is 48.8 Å². The van der Waals surface area contributed by atoms with Gasteiger partial charge in [-0.05, 0) is 31.7 Å². The van der Waals surface area contributed by atoms with Crippen LogP contribution in [0, 0.1) is 11.3 Å². The minimum absolute atomic E-state index is 0.516. The molecule has 0 aromatic rings. The highest BCUT2D eigenvalue weighted by molar-refractivity contribution is 5.75. The highest BCUT2D eigenvalue weighted by atomic mass is 16.5. The topological polar surface area (TPSA) is 49.8 Å². The number of carbonyl (C=O) groups is 1. The first-order valence-electron chi connectivity index (χ1n) is 7.03. The highest BCUT2D eigenvalue weighted by Crippen LogP contribution is 2.33. The molecule has 1 aliphatic heterocycles. The Morgan fingerprint density at radius 3 is 2.67 bits per heavy atom. The minimum atomic E-state index is -0.645. The Morgan fingerprint density at radius 2 is 2.17 bits per heavy atom. The van der Waals surface area contributed by atoms with Crippen molar-refractivity contribution in [3.05, 3.63) is 0 Å². The number of carboxylic acid groups (broad SMARTS) is 1. The van der Waals surface area contributed by atoms with Crippen LogP contribution in [0.25, 0.3) is 0 Å². The lowest BCUT2D eigenvalue weighted by Crippen LogP contribution is -2.35. The quantitative estimate of drug-likeness (QED) is 0.677. The van der Waals surface area contributed by atoms with E-state index in [0.717, 1.165) is 32.5 Å². The maximum Gasteiger partial charge on any atom is 0.310 e. The lowest BCUT2D eigenvalue weighted by molar-refractivity contribution is -0.148. The summed E-state index contributed by atoms with van der Waals surface area (Å²) in [6.45, 7) is 10.3. The van der Waals surface area contributed by atoms with Gasteiger partial charge in [-0.25, -0.2) is 0 Å². The second-order valence-electron chi connectivity index (χ2n) is 5.76. The van der Waals surface area contributed by atoms with E-state index in [9.17, 15) is 9.90 Å². The van der Waals surface area contributed by atoms with Gasteiger partial charge in [-0.2, -0.15) is 0 Å². The average molecular weight is 257 g/mol. The Balaban J connectivity index is 2.20. The van der Waals surface area contributed by atoms with Gasteiger partial charge >= 0.3 is 5.97 Å². The van der Waals surface area contributed by atoms with Gasteiger partial charge in [0.25, 0.3) is 0 Å². The summed E-state index contributed by atoms with van der Waals surface area (Å²) in [7, 11) is 0. The first kappa shape index (κ1) is 15.4. The third-order valence-electron chi connectivity index (χ3n) is 3.95. The Labute approximate surface area is 110 Å². The molecular weight excluding hydrogens is 230 g/mol. The normalized spacial score (nSPS) is 24.9. The molecule has 1 N–H and O–H groups in total. The van der Waals surface area contributed by atoms with Crippen LogP contribution in [0.2, 0.25) is 0 Å². The molecule has 1 heterocycles. The summed E-state index contributed by atoms with van der Waals surface area (Å²) < 4.78 is 5.58. The fraction of sp³-hybridized carbons (Fsp3) is 0.929. The molecule has 1 aliphatic rings. The molecule has 0 aromatic carbocycles. The number of ether oxygens (including phenoxy) is 1. The second-order valence-corrected chi connectivity index (χ2v) is 5.76. The van der Waals surface area contributed by atoms with Crippen LogP contribution >= 0.6 is 0 Å². The van der Waals surface area contributed by atoms with Crippen molar-refractivity contribution in [1.29, 1.82) is 0 Å². The van der Waals surface area contributed by atoms with Crippen LogP contribution in [0.5, 0.6) is 0 Å². The summed E-state index contributed by atoms with van der Waals surface area (Å²) in [6.07, 6.45) is 2.58. The molecule has 1 atom stereocenters. The Hall–Kier alpha value is -0.610. The van der Waals surface area contributed by atoms with Gasteiger partial charge in [0.15, 0.2) is 0 Å². The van der Waals surface area contributed by atoms with Crippen LogP contribution in [0.3, 0.4) is 0 Å². The monoisotopic (exact) mass is 257 g/mol. The van der Waals surface area contributed by atoms with E-state index in [0.29, 0.717) is 25.5 Å². The molecule has 0 aliphatic carbocycles. The number of hydrogen-bond donors (Lipinski definition) is 1. The molecule has 106 valence electrons. The maximum atomic E-state index is 11.3. The van der Waals surface area contributed by atoms with Gasteiger partial charge < -0.3 is 9.84 Å². The van der Waals surface area contributed by atoms with E-state index in [-0.39, 0.29) is 0 Å². The van der Waals surface area contributed by atoms with Crippen LogP contribution in [0.4, 0.5) is 0 Å². The average Bonchev–Trinajstić information content (AvgIpc) is 2.73. The summed E-state index contributed by atoms with van der Waals surface area (Å²) in [5, 5.41) is 9.29. The fourth-order valence-electron chi connectivity index (χ4n) is 2.38. The standard InChI is InChI=1S/C14H27NO3/c1-4-14(13(16)17)6-7-15(11-14)8-10-18-9-5-12(2)3/h12H,4-11H2,1-3H3,(H,16,17). The third kappa shape index (κ3) is 4.25. The van der Waals surface area contributed by atoms with Crippen molar-refractivity contribution >= 4 is 5.97 Å². The molecule has 1 rings (SSSR count).